The molecule has 2 aliphatic heterocycles. The maximum absolute atomic E-state index is 13.3. The van der Waals surface area contributed by atoms with Crippen LogP contribution in [0.1, 0.15) is 29.8 Å². The molecule has 0 aromatic heterocycles. The Kier molecular flexibility index (Phi) is 6.85. The first-order valence-electron chi connectivity index (χ1n) is 11.3. The second-order valence-corrected chi connectivity index (χ2v) is 8.21. The van der Waals surface area contributed by atoms with Gasteiger partial charge in [0.25, 0.3) is 11.6 Å². The number of carbonyl (C=O) groups excluding carboxylic acids is 2. The molecule has 2 aromatic rings. The fraction of sp³-hybridized carbons (Fsp3) is 0.417. The summed E-state index contributed by atoms with van der Waals surface area (Å²) in [6.45, 7) is 7.02. The molecule has 180 valence electrons. The van der Waals surface area contributed by atoms with Gasteiger partial charge >= 0.3 is 0 Å². The Morgan fingerprint density at radius 3 is 2.50 bits per heavy atom. The lowest BCUT2D eigenvalue weighted by molar-refractivity contribution is -0.384. The molecule has 0 bridgehead atoms. The van der Waals surface area contributed by atoms with Gasteiger partial charge in [0, 0.05) is 63.4 Å². The van der Waals surface area contributed by atoms with E-state index in [1.165, 1.54) is 13.0 Å². The summed E-state index contributed by atoms with van der Waals surface area (Å²) >= 11 is 0. The lowest BCUT2D eigenvalue weighted by atomic mass is 10.1. The standard InChI is InChI=1S/C24H28N4O6/c1-3-25(16-19-5-4-6-22-23(19)34-14-13-33-22)24(30)18-7-8-20(21(15-18)28(31)32)27-11-9-26(10-12-27)17(2)29/h4-8,15H,3,9-14,16H2,1-2H3. The normalized spacial score (nSPS) is 15.1. The molecule has 0 radical (unpaired) electrons. The number of benzene rings is 2. The van der Waals surface area contributed by atoms with E-state index in [1.807, 2.05) is 30.0 Å². The molecule has 2 aromatic carbocycles. The summed E-state index contributed by atoms with van der Waals surface area (Å²) in [5, 5.41) is 11.9. The van der Waals surface area contributed by atoms with Gasteiger partial charge in [0.2, 0.25) is 5.91 Å². The molecule has 10 nitrogen and oxygen atoms in total. The van der Waals surface area contributed by atoms with E-state index >= 15 is 0 Å². The van der Waals surface area contributed by atoms with Crippen LogP contribution in [0.2, 0.25) is 0 Å². The lowest BCUT2D eigenvalue weighted by Crippen LogP contribution is -2.48. The van der Waals surface area contributed by atoms with Crippen LogP contribution in [0.3, 0.4) is 0 Å². The number of rotatable bonds is 6. The molecular weight excluding hydrogens is 440 g/mol. The number of nitro benzene ring substituents is 1. The Labute approximate surface area is 197 Å². The smallest absolute Gasteiger partial charge is 0.293 e. The van der Waals surface area contributed by atoms with Gasteiger partial charge in [-0.3, -0.25) is 19.7 Å². The average molecular weight is 469 g/mol. The van der Waals surface area contributed by atoms with Crippen molar-refractivity contribution in [1.29, 1.82) is 0 Å². The van der Waals surface area contributed by atoms with Crippen molar-refractivity contribution in [1.82, 2.24) is 9.80 Å². The Balaban J connectivity index is 1.55. The van der Waals surface area contributed by atoms with E-state index in [0.717, 1.165) is 5.56 Å². The van der Waals surface area contributed by atoms with Crippen LogP contribution in [0.15, 0.2) is 36.4 Å². The zero-order chi connectivity index (χ0) is 24.2. The summed E-state index contributed by atoms with van der Waals surface area (Å²) in [7, 11) is 0. The van der Waals surface area contributed by atoms with E-state index in [2.05, 4.69) is 0 Å². The molecule has 2 heterocycles. The van der Waals surface area contributed by atoms with Crippen molar-refractivity contribution < 1.29 is 24.0 Å². The van der Waals surface area contributed by atoms with Crippen molar-refractivity contribution >= 4 is 23.2 Å². The number of fused-ring (bicyclic) bond motifs is 1. The van der Waals surface area contributed by atoms with Crippen LogP contribution in [0, 0.1) is 10.1 Å². The van der Waals surface area contributed by atoms with Crippen molar-refractivity contribution in [2.24, 2.45) is 0 Å². The van der Waals surface area contributed by atoms with E-state index in [4.69, 9.17) is 9.47 Å². The third-order valence-electron chi connectivity index (χ3n) is 6.16. The topological polar surface area (TPSA) is 105 Å². The predicted octanol–water partition coefficient (Wildman–Crippen LogP) is 2.70. The third kappa shape index (κ3) is 4.75. The Bertz CT molecular complexity index is 1100. The van der Waals surface area contributed by atoms with E-state index in [9.17, 15) is 19.7 Å². The van der Waals surface area contributed by atoms with Gasteiger partial charge in [-0.2, -0.15) is 0 Å². The number of amides is 2. The Hall–Kier alpha value is -3.82. The van der Waals surface area contributed by atoms with Gasteiger partial charge in [-0.25, -0.2) is 0 Å². The molecule has 2 aliphatic rings. The highest BCUT2D eigenvalue weighted by Gasteiger charge is 2.27. The van der Waals surface area contributed by atoms with E-state index in [-0.39, 0.29) is 23.1 Å². The number of carbonyl (C=O) groups is 2. The number of anilines is 1. The molecule has 0 N–H and O–H groups in total. The SMILES string of the molecule is CCN(Cc1cccc2c1OCCO2)C(=O)c1ccc(N2CCN(C(C)=O)CC2)c([N+](=O)[O-])c1. The first-order chi connectivity index (χ1) is 16.4. The average Bonchev–Trinajstić information content (AvgIpc) is 2.86. The summed E-state index contributed by atoms with van der Waals surface area (Å²) < 4.78 is 11.4. The minimum Gasteiger partial charge on any atom is -0.486 e. The zero-order valence-corrected chi connectivity index (χ0v) is 19.4. The molecule has 0 saturated carbocycles. The van der Waals surface area contributed by atoms with Crippen LogP contribution >= 0.6 is 0 Å². The van der Waals surface area contributed by atoms with Gasteiger partial charge in [-0.15, -0.1) is 0 Å². The number of ether oxygens (including phenoxy) is 2. The van der Waals surface area contributed by atoms with Crippen molar-refractivity contribution in [3.8, 4) is 11.5 Å². The number of nitrogens with zero attached hydrogens (tertiary/aromatic N) is 4. The quantitative estimate of drug-likeness (QED) is 0.474. The van der Waals surface area contributed by atoms with Crippen LogP contribution < -0.4 is 14.4 Å². The summed E-state index contributed by atoms with van der Waals surface area (Å²) in [6.07, 6.45) is 0. The Morgan fingerprint density at radius 2 is 1.82 bits per heavy atom. The Morgan fingerprint density at radius 1 is 1.09 bits per heavy atom. The third-order valence-corrected chi connectivity index (χ3v) is 6.16. The van der Waals surface area contributed by atoms with Crippen LogP contribution in [0.4, 0.5) is 11.4 Å². The van der Waals surface area contributed by atoms with Crippen LogP contribution in [0.25, 0.3) is 0 Å². The molecule has 0 spiro atoms. The molecule has 4 rings (SSSR count). The summed E-state index contributed by atoms with van der Waals surface area (Å²) in [4.78, 5) is 41.5. The lowest BCUT2D eigenvalue weighted by Gasteiger charge is -2.35. The predicted molar refractivity (Wildman–Crippen MR) is 125 cm³/mol. The first-order valence-corrected chi connectivity index (χ1v) is 11.3. The molecular formula is C24H28N4O6. The van der Waals surface area contributed by atoms with Crippen LogP contribution in [-0.4, -0.2) is 72.5 Å². The maximum Gasteiger partial charge on any atom is 0.293 e. The van der Waals surface area contributed by atoms with E-state index in [0.29, 0.717) is 69.7 Å². The highest BCUT2D eigenvalue weighted by molar-refractivity contribution is 5.96. The fourth-order valence-corrected chi connectivity index (χ4v) is 4.31. The molecule has 0 atom stereocenters. The molecule has 1 fully saturated rings. The number of hydrogen-bond acceptors (Lipinski definition) is 7. The minimum absolute atomic E-state index is 0.00797. The minimum atomic E-state index is -0.460. The largest absolute Gasteiger partial charge is 0.486 e. The van der Waals surface area contributed by atoms with E-state index < -0.39 is 4.92 Å². The first kappa shape index (κ1) is 23.3. The second-order valence-electron chi connectivity index (χ2n) is 8.21. The van der Waals surface area contributed by atoms with Gasteiger partial charge in [0.1, 0.15) is 18.9 Å². The summed E-state index contributed by atoms with van der Waals surface area (Å²) in [5.41, 5.74) is 1.41. The molecule has 0 aliphatic carbocycles. The molecule has 10 heteroatoms. The number of hydrogen-bond donors (Lipinski definition) is 0. The number of para-hydroxylation sites is 1. The summed E-state index contributed by atoms with van der Waals surface area (Å²) in [5.74, 6) is 0.974. The van der Waals surface area contributed by atoms with E-state index in [1.54, 1.807) is 21.9 Å². The van der Waals surface area contributed by atoms with Crippen molar-refractivity contribution in [2.75, 3.05) is 50.8 Å². The molecule has 0 unspecified atom stereocenters. The van der Waals surface area contributed by atoms with Gasteiger partial charge in [-0.05, 0) is 25.1 Å². The second kappa shape index (κ2) is 9.98. The van der Waals surface area contributed by atoms with Crippen LogP contribution in [-0.2, 0) is 11.3 Å². The van der Waals surface area contributed by atoms with Crippen molar-refractivity contribution in [2.45, 2.75) is 20.4 Å². The van der Waals surface area contributed by atoms with Crippen molar-refractivity contribution in [3.05, 3.63) is 57.6 Å². The van der Waals surface area contributed by atoms with Gasteiger partial charge in [-0.1, -0.05) is 12.1 Å². The molecule has 34 heavy (non-hydrogen) atoms. The zero-order valence-electron chi connectivity index (χ0n) is 19.4. The van der Waals surface area contributed by atoms with Crippen LogP contribution in [0.5, 0.6) is 11.5 Å². The van der Waals surface area contributed by atoms with Gasteiger partial charge < -0.3 is 24.2 Å². The monoisotopic (exact) mass is 468 g/mol. The number of nitro groups is 1. The van der Waals surface area contributed by atoms with Gasteiger partial charge in [0.05, 0.1) is 4.92 Å². The summed E-state index contributed by atoms with van der Waals surface area (Å²) in [6, 6.07) is 10.2. The fourth-order valence-electron chi connectivity index (χ4n) is 4.31. The number of piperazine rings is 1. The molecule has 1 saturated heterocycles. The molecule has 2 amide bonds. The maximum atomic E-state index is 13.3. The highest BCUT2D eigenvalue weighted by atomic mass is 16.6. The highest BCUT2D eigenvalue weighted by Crippen LogP contribution is 2.35. The van der Waals surface area contributed by atoms with Crippen molar-refractivity contribution in [3.63, 3.8) is 0 Å². The van der Waals surface area contributed by atoms with Gasteiger partial charge in [0.15, 0.2) is 11.5 Å².